The normalized spacial score (nSPS) is 27.4. The first-order chi connectivity index (χ1) is 39.0. The van der Waals surface area contributed by atoms with Crippen molar-refractivity contribution in [2.24, 2.45) is 59.2 Å². The Hall–Kier alpha value is -5.43. The standard InChI is InChI=1S/C65H110N6O13/c1-22-25-26-42(14)60(78)48-36-55(75)58(41(12)13)71(21)64(82)46(30-37(4)5)34-54(74)51(32-39(8)9)68(18)63(81)44(16)66-61(79)43(15)33-53(73)50(31-38(6)7)69(19)65(83)47(40(10)11)35-56(76)59(45(17)84-29-23-2)70(20)57(77)28-27-52(72)49(24-3)67-62(48)80/h22-23,25,37-51,58-60,78H,2,24,26-36H2,1,3-21H3,(H,66,79)(H,67,80)/b25-22+/t42-,43-,44-,45-,46-,47+,48+,49+,50+,51+,58+,59+,60-/m1/s1. The van der Waals surface area contributed by atoms with Gasteiger partial charge in [-0.3, -0.25) is 52.7 Å². The van der Waals surface area contributed by atoms with Crippen LogP contribution in [0, 0.1) is 59.2 Å². The smallest absolute Gasteiger partial charge is 0.245 e. The van der Waals surface area contributed by atoms with Gasteiger partial charge in [-0.2, -0.15) is 0 Å². The van der Waals surface area contributed by atoms with Crippen LogP contribution < -0.4 is 10.6 Å². The van der Waals surface area contributed by atoms with Gasteiger partial charge in [-0.1, -0.05) is 108 Å². The van der Waals surface area contributed by atoms with E-state index in [1.165, 1.54) is 60.8 Å². The van der Waals surface area contributed by atoms with Crippen molar-refractivity contribution in [2.45, 2.75) is 230 Å². The number of hydrogen-bond donors (Lipinski definition) is 3. The van der Waals surface area contributed by atoms with E-state index in [0.29, 0.717) is 6.42 Å². The Kier molecular flexibility index (Phi) is 33.3. The molecule has 19 nitrogen and oxygen atoms in total. The number of rotatable bonds is 17. The van der Waals surface area contributed by atoms with Crippen LogP contribution in [-0.2, 0) is 57.5 Å². The lowest BCUT2D eigenvalue weighted by atomic mass is 9.82. The van der Waals surface area contributed by atoms with E-state index in [1.54, 1.807) is 61.5 Å². The molecule has 1 fully saturated rings. The average molecular weight is 1180 g/mol. The van der Waals surface area contributed by atoms with Crippen LogP contribution in [0.2, 0.25) is 0 Å². The highest BCUT2D eigenvalue weighted by molar-refractivity contribution is 5.99. The van der Waals surface area contributed by atoms with E-state index in [2.05, 4.69) is 17.2 Å². The number of aliphatic hydroxyl groups excluding tert-OH is 1. The van der Waals surface area contributed by atoms with Gasteiger partial charge in [-0.15, -0.1) is 6.58 Å². The minimum absolute atomic E-state index is 0.0290. The maximum absolute atomic E-state index is 14.9. The number of amides is 6. The Morgan fingerprint density at radius 1 is 0.583 bits per heavy atom. The second kappa shape index (κ2) is 36.5. The third-order valence-corrected chi connectivity index (χ3v) is 16.5. The molecule has 1 aliphatic heterocycles. The molecule has 0 radical (unpaired) electrons. The van der Waals surface area contributed by atoms with Crippen LogP contribution in [0.4, 0.5) is 0 Å². The summed E-state index contributed by atoms with van der Waals surface area (Å²) in [4.78, 5) is 164. The minimum atomic E-state index is -1.38. The van der Waals surface area contributed by atoms with Crippen molar-refractivity contribution in [2.75, 3.05) is 34.8 Å². The summed E-state index contributed by atoms with van der Waals surface area (Å²) in [5.74, 6) is -11.8. The lowest BCUT2D eigenvalue weighted by Crippen LogP contribution is -2.53. The van der Waals surface area contributed by atoms with E-state index in [9.17, 15) is 57.8 Å². The highest BCUT2D eigenvalue weighted by Crippen LogP contribution is 2.30. The molecule has 1 aliphatic rings. The molecule has 0 aliphatic carbocycles. The molecule has 0 aromatic heterocycles. The fourth-order valence-electron chi connectivity index (χ4n) is 11.5. The molecule has 478 valence electrons. The SMILES string of the molecule is C=CCO[C@H](C)[C@H]1C(=O)C[C@@H](C(C)C)C(=O)N(C)[C@@H](CC(C)C)C(=O)C[C@@H](C)C(=O)N[C@H](C)C(=O)N(C)[C@@H](CC(C)C)C(=O)C[C@@H](CC(C)C)C(=O)N(C)[C@@H](C(C)C)C(=O)C[C@@H]([C@H](O)[C@H](C)C/C=C/C)C(=O)N[C@@H](CC)C(=O)CCC(=O)N1C. The third kappa shape index (κ3) is 23.1. The number of aliphatic hydroxyl groups is 1. The monoisotopic (exact) mass is 1180 g/mol. The van der Waals surface area contributed by atoms with Gasteiger partial charge < -0.3 is 40.1 Å². The van der Waals surface area contributed by atoms with Crippen molar-refractivity contribution < 1.29 is 62.6 Å². The van der Waals surface area contributed by atoms with Gasteiger partial charge in [0.1, 0.15) is 12.1 Å². The first-order valence-electron chi connectivity index (χ1n) is 30.8. The summed E-state index contributed by atoms with van der Waals surface area (Å²) in [6, 6.07) is -6.64. The number of carbonyl (C=O) groups excluding carboxylic acids is 11. The molecule has 1 heterocycles. The van der Waals surface area contributed by atoms with Crippen LogP contribution in [0.25, 0.3) is 0 Å². The summed E-state index contributed by atoms with van der Waals surface area (Å²) < 4.78 is 5.93. The molecule has 0 aromatic carbocycles. The molecule has 84 heavy (non-hydrogen) atoms. The number of Topliss-reactive ketones (excluding diaryl/α,β-unsaturated/α-hetero) is 5. The van der Waals surface area contributed by atoms with Gasteiger partial charge in [-0.25, -0.2) is 0 Å². The maximum atomic E-state index is 14.9. The summed E-state index contributed by atoms with van der Waals surface area (Å²) in [5, 5.41) is 17.4. The Morgan fingerprint density at radius 3 is 1.58 bits per heavy atom. The highest BCUT2D eigenvalue weighted by atomic mass is 16.5. The molecule has 0 spiro atoms. The quantitative estimate of drug-likeness (QED) is 0.120. The van der Waals surface area contributed by atoms with Gasteiger partial charge in [0, 0.05) is 84.5 Å². The summed E-state index contributed by atoms with van der Waals surface area (Å²) >= 11 is 0. The zero-order valence-corrected chi connectivity index (χ0v) is 55.0. The third-order valence-electron chi connectivity index (χ3n) is 16.5. The summed E-state index contributed by atoms with van der Waals surface area (Å²) in [6.07, 6.45) is 1.85. The first-order valence-corrected chi connectivity index (χ1v) is 30.8. The minimum Gasteiger partial charge on any atom is -0.392 e. The van der Waals surface area contributed by atoms with Gasteiger partial charge in [0.05, 0.1) is 48.9 Å². The molecule has 1 rings (SSSR count). The molecular formula is C65H110N6O13. The summed E-state index contributed by atoms with van der Waals surface area (Å²) in [6.45, 7) is 32.1. The molecular weight excluding hydrogens is 1070 g/mol. The van der Waals surface area contributed by atoms with E-state index in [4.69, 9.17) is 4.74 Å². The predicted molar refractivity (Wildman–Crippen MR) is 327 cm³/mol. The van der Waals surface area contributed by atoms with Gasteiger partial charge >= 0.3 is 0 Å². The molecule has 3 N–H and O–H groups in total. The van der Waals surface area contributed by atoms with Crippen molar-refractivity contribution in [3.05, 3.63) is 24.8 Å². The summed E-state index contributed by atoms with van der Waals surface area (Å²) in [5.41, 5.74) is 0. The van der Waals surface area contributed by atoms with Crippen LogP contribution >= 0.6 is 0 Å². The fraction of sp³-hybridized carbons (Fsp3) is 0.769. The zero-order chi connectivity index (χ0) is 64.8. The van der Waals surface area contributed by atoms with Crippen molar-refractivity contribution in [3.63, 3.8) is 0 Å². The second-order valence-electron chi connectivity index (χ2n) is 25.9. The van der Waals surface area contributed by atoms with Crippen molar-refractivity contribution >= 4 is 64.4 Å². The Morgan fingerprint density at radius 2 is 1.10 bits per heavy atom. The number of likely N-dealkylation sites (N-methyl/N-ethyl adjacent to an activating group) is 4. The van der Waals surface area contributed by atoms with Crippen molar-refractivity contribution in [1.29, 1.82) is 0 Å². The van der Waals surface area contributed by atoms with Crippen LogP contribution in [0.3, 0.4) is 0 Å². The Bertz CT molecular complexity index is 2280. The van der Waals surface area contributed by atoms with E-state index < -0.39 is 161 Å². The maximum Gasteiger partial charge on any atom is 0.245 e. The van der Waals surface area contributed by atoms with Gasteiger partial charge in [-0.05, 0) is 88.4 Å². The zero-order valence-electron chi connectivity index (χ0n) is 55.0. The highest BCUT2D eigenvalue weighted by Gasteiger charge is 2.43. The van der Waals surface area contributed by atoms with E-state index >= 15 is 0 Å². The predicted octanol–water partition coefficient (Wildman–Crippen LogP) is 7.38. The first kappa shape index (κ1) is 76.6. The van der Waals surface area contributed by atoms with E-state index in [1.807, 2.05) is 54.5 Å². The molecule has 0 unspecified atom stereocenters. The molecule has 0 bridgehead atoms. The molecule has 19 heteroatoms. The number of allylic oxidation sites excluding steroid dienone is 2. The summed E-state index contributed by atoms with van der Waals surface area (Å²) in [7, 11) is 5.88. The molecule has 0 aromatic rings. The number of ketones is 5. The molecule has 0 saturated carbocycles. The van der Waals surface area contributed by atoms with Gasteiger partial charge in [0.2, 0.25) is 35.4 Å². The van der Waals surface area contributed by atoms with Crippen LogP contribution in [0.5, 0.6) is 0 Å². The van der Waals surface area contributed by atoms with Crippen LogP contribution in [0.15, 0.2) is 24.8 Å². The topological polar surface area (TPSA) is 254 Å². The molecule has 13 atom stereocenters. The Balaban J connectivity index is 4.21. The van der Waals surface area contributed by atoms with E-state index in [-0.39, 0.29) is 82.1 Å². The Labute approximate surface area is 504 Å². The second-order valence-corrected chi connectivity index (χ2v) is 25.9. The number of nitrogens with one attached hydrogen (secondary N) is 2. The fourth-order valence-corrected chi connectivity index (χ4v) is 11.5. The van der Waals surface area contributed by atoms with Gasteiger partial charge in [0.25, 0.3) is 0 Å². The van der Waals surface area contributed by atoms with Crippen molar-refractivity contribution in [1.82, 2.24) is 30.2 Å². The largest absolute Gasteiger partial charge is 0.392 e. The molecule has 6 amide bonds. The number of hydrogen-bond acceptors (Lipinski definition) is 13. The van der Waals surface area contributed by atoms with E-state index in [0.717, 1.165) is 0 Å². The molecule has 1 saturated heterocycles. The van der Waals surface area contributed by atoms with Crippen LogP contribution in [0.1, 0.15) is 181 Å². The lowest BCUT2D eigenvalue weighted by Gasteiger charge is -2.36. The number of carbonyl (C=O) groups is 11. The number of ether oxygens (including phenoxy) is 1. The number of nitrogens with zero attached hydrogens (tertiary/aromatic N) is 4. The average Bonchev–Trinajstić information content (AvgIpc) is 3.61. The van der Waals surface area contributed by atoms with Crippen molar-refractivity contribution in [3.8, 4) is 0 Å². The van der Waals surface area contributed by atoms with Crippen LogP contribution in [-0.4, -0.2) is 172 Å². The lowest BCUT2D eigenvalue weighted by molar-refractivity contribution is -0.148. The van der Waals surface area contributed by atoms with Gasteiger partial charge in [0.15, 0.2) is 28.9 Å².